The molecule has 0 spiro atoms. The van der Waals surface area contributed by atoms with E-state index in [9.17, 15) is 8.42 Å². The summed E-state index contributed by atoms with van der Waals surface area (Å²) in [6.07, 6.45) is 3.56. The minimum absolute atomic E-state index is 0.215. The molecule has 134 valence electrons. The number of nitrogens with zero attached hydrogens (tertiary/aromatic N) is 3. The van der Waals surface area contributed by atoms with E-state index in [1.807, 2.05) is 0 Å². The molecule has 8 heteroatoms. The maximum atomic E-state index is 11.7. The third kappa shape index (κ3) is 3.47. The predicted molar refractivity (Wildman–Crippen MR) is 90.6 cm³/mol. The van der Waals surface area contributed by atoms with E-state index in [1.54, 1.807) is 0 Å². The molecule has 0 bridgehead atoms. The summed E-state index contributed by atoms with van der Waals surface area (Å²) >= 11 is 0. The summed E-state index contributed by atoms with van der Waals surface area (Å²) in [5, 5.41) is 8.24. The van der Waals surface area contributed by atoms with Crippen molar-refractivity contribution in [1.82, 2.24) is 14.5 Å². The molecule has 0 N–H and O–H groups in total. The molecule has 1 fully saturated rings. The molecule has 2 atom stereocenters. The van der Waals surface area contributed by atoms with Crippen LogP contribution in [-0.2, 0) is 27.6 Å². The molecule has 2 aliphatic rings. The molecule has 1 aromatic carbocycles. The summed E-state index contributed by atoms with van der Waals surface area (Å²) in [6, 6.07) is 8.47. The van der Waals surface area contributed by atoms with Gasteiger partial charge in [-0.3, -0.25) is 0 Å². The normalized spacial score (nSPS) is 24.4. The van der Waals surface area contributed by atoms with Crippen molar-refractivity contribution >= 4 is 10.0 Å². The van der Waals surface area contributed by atoms with E-state index in [0.717, 1.165) is 12.8 Å². The number of sulfonamides is 1. The number of morpholine rings is 1. The molecule has 4 rings (SSSR count). The third-order valence-electron chi connectivity index (χ3n) is 4.93. The Bertz CT molecular complexity index is 864. The summed E-state index contributed by atoms with van der Waals surface area (Å²) in [7, 11) is -3.25. The quantitative estimate of drug-likeness (QED) is 0.821. The van der Waals surface area contributed by atoms with Crippen LogP contribution in [0, 0.1) is 0 Å². The monoisotopic (exact) mass is 363 g/mol. The second-order valence-corrected chi connectivity index (χ2v) is 8.64. The Balaban J connectivity index is 1.46. The van der Waals surface area contributed by atoms with Crippen molar-refractivity contribution in [3.05, 3.63) is 47.2 Å². The van der Waals surface area contributed by atoms with E-state index in [0.29, 0.717) is 37.3 Å². The number of ether oxygens (including phenoxy) is 1. The van der Waals surface area contributed by atoms with Crippen molar-refractivity contribution in [2.24, 2.45) is 0 Å². The summed E-state index contributed by atoms with van der Waals surface area (Å²) in [4.78, 5) is 0. The maximum absolute atomic E-state index is 11.7. The number of fused-ring (bicyclic) bond motifs is 1. The van der Waals surface area contributed by atoms with Gasteiger partial charge in [-0.15, -0.1) is 10.2 Å². The number of hydrogen-bond acceptors (Lipinski definition) is 6. The highest BCUT2D eigenvalue weighted by molar-refractivity contribution is 7.88. The molecule has 1 aliphatic heterocycles. The largest absolute Gasteiger partial charge is 0.422 e. The zero-order chi connectivity index (χ0) is 17.4. The lowest BCUT2D eigenvalue weighted by molar-refractivity contribution is -0.0176. The lowest BCUT2D eigenvalue weighted by Crippen LogP contribution is -2.41. The Labute approximate surface area is 147 Å². The summed E-state index contributed by atoms with van der Waals surface area (Å²) in [5.74, 6) is 1.33. The molecule has 2 heterocycles. The molecule has 0 radical (unpaired) electrons. The molecule has 1 saturated heterocycles. The zero-order valence-corrected chi connectivity index (χ0v) is 14.9. The Hall–Kier alpha value is -1.77. The first-order valence-electron chi connectivity index (χ1n) is 8.47. The van der Waals surface area contributed by atoms with E-state index in [-0.39, 0.29) is 6.54 Å². The van der Waals surface area contributed by atoms with Gasteiger partial charge in [0.15, 0.2) is 0 Å². The highest BCUT2D eigenvalue weighted by Gasteiger charge is 2.31. The summed E-state index contributed by atoms with van der Waals surface area (Å²) in [6.45, 7) is 0.896. The lowest BCUT2D eigenvalue weighted by Gasteiger charge is -2.29. The maximum Gasteiger partial charge on any atom is 0.246 e. The van der Waals surface area contributed by atoms with E-state index < -0.39 is 16.1 Å². The standard InChI is InChI=1S/C17H21N3O4S/c1-25(21,22)20-8-9-23-15(11-20)17-19-18-16(24-17)10-13-7-6-12-4-2-3-5-14(12)13/h2-5,13,15H,6-11H2,1H3. The van der Waals surface area contributed by atoms with Gasteiger partial charge in [0.1, 0.15) is 6.10 Å². The summed E-state index contributed by atoms with van der Waals surface area (Å²) in [5.41, 5.74) is 2.76. The molecular formula is C17H21N3O4S. The number of hydrogen-bond donors (Lipinski definition) is 0. The molecular weight excluding hydrogens is 342 g/mol. The molecule has 25 heavy (non-hydrogen) atoms. The van der Waals surface area contributed by atoms with Gasteiger partial charge in [-0.25, -0.2) is 8.42 Å². The minimum atomic E-state index is -3.25. The predicted octanol–water partition coefficient (Wildman–Crippen LogP) is 1.67. The van der Waals surface area contributed by atoms with Crippen molar-refractivity contribution in [2.75, 3.05) is 26.0 Å². The first-order valence-corrected chi connectivity index (χ1v) is 10.3. The van der Waals surface area contributed by atoms with Crippen LogP contribution >= 0.6 is 0 Å². The van der Waals surface area contributed by atoms with E-state index >= 15 is 0 Å². The SMILES string of the molecule is CS(=O)(=O)N1CCOC(c2nnc(CC3CCc4ccccc43)o2)C1. The lowest BCUT2D eigenvalue weighted by atomic mass is 9.98. The second-order valence-electron chi connectivity index (χ2n) is 6.65. The van der Waals surface area contributed by atoms with Gasteiger partial charge in [0.25, 0.3) is 0 Å². The fourth-order valence-electron chi connectivity index (χ4n) is 3.62. The van der Waals surface area contributed by atoms with Gasteiger partial charge in [-0.1, -0.05) is 24.3 Å². The number of aromatic nitrogens is 2. The second kappa shape index (κ2) is 6.51. The first-order chi connectivity index (χ1) is 12.0. The average Bonchev–Trinajstić information content (AvgIpc) is 3.22. The van der Waals surface area contributed by atoms with E-state index in [2.05, 4.69) is 34.5 Å². The molecule has 7 nitrogen and oxygen atoms in total. The van der Waals surface area contributed by atoms with Crippen molar-refractivity contribution in [3.63, 3.8) is 0 Å². The van der Waals surface area contributed by atoms with Crippen LogP contribution in [0.4, 0.5) is 0 Å². The van der Waals surface area contributed by atoms with Crippen LogP contribution < -0.4 is 0 Å². The van der Waals surface area contributed by atoms with E-state index in [4.69, 9.17) is 9.15 Å². The minimum Gasteiger partial charge on any atom is -0.422 e. The molecule has 1 aliphatic carbocycles. The topological polar surface area (TPSA) is 85.5 Å². The fraction of sp³-hybridized carbons (Fsp3) is 0.529. The van der Waals surface area contributed by atoms with Crippen molar-refractivity contribution in [2.45, 2.75) is 31.3 Å². The van der Waals surface area contributed by atoms with Crippen LogP contribution in [0.25, 0.3) is 0 Å². The highest BCUT2D eigenvalue weighted by atomic mass is 32.2. The van der Waals surface area contributed by atoms with Crippen molar-refractivity contribution < 1.29 is 17.6 Å². The van der Waals surface area contributed by atoms with Gasteiger partial charge in [-0.2, -0.15) is 4.31 Å². The number of benzene rings is 1. The smallest absolute Gasteiger partial charge is 0.246 e. The van der Waals surface area contributed by atoms with Crippen molar-refractivity contribution in [1.29, 1.82) is 0 Å². The van der Waals surface area contributed by atoms with Crippen molar-refractivity contribution in [3.8, 4) is 0 Å². The first kappa shape index (κ1) is 16.7. The van der Waals surface area contributed by atoms with Gasteiger partial charge < -0.3 is 9.15 Å². The zero-order valence-electron chi connectivity index (χ0n) is 14.1. The van der Waals surface area contributed by atoms with E-state index in [1.165, 1.54) is 21.7 Å². The summed E-state index contributed by atoms with van der Waals surface area (Å²) < 4.78 is 36.2. The molecule has 0 amide bonds. The van der Waals surface area contributed by atoms with Crippen LogP contribution in [-0.4, -0.2) is 48.9 Å². The van der Waals surface area contributed by atoms with Crippen LogP contribution in [0.3, 0.4) is 0 Å². The molecule has 0 saturated carbocycles. The van der Waals surface area contributed by atoms with Crippen LogP contribution in [0.5, 0.6) is 0 Å². The Morgan fingerprint density at radius 1 is 1.28 bits per heavy atom. The van der Waals surface area contributed by atoms with Gasteiger partial charge in [0.2, 0.25) is 21.8 Å². The third-order valence-corrected chi connectivity index (χ3v) is 6.20. The molecule has 2 unspecified atom stereocenters. The molecule has 2 aromatic rings. The number of rotatable bonds is 4. The Morgan fingerprint density at radius 2 is 2.12 bits per heavy atom. The van der Waals surface area contributed by atoms with Gasteiger partial charge >= 0.3 is 0 Å². The van der Waals surface area contributed by atoms with Gasteiger partial charge in [0.05, 0.1) is 12.9 Å². The molecule has 1 aromatic heterocycles. The number of aryl methyl sites for hydroxylation is 1. The Morgan fingerprint density at radius 3 is 2.96 bits per heavy atom. The average molecular weight is 363 g/mol. The van der Waals surface area contributed by atoms with Crippen LogP contribution in [0.2, 0.25) is 0 Å². The Kier molecular flexibility index (Phi) is 4.35. The van der Waals surface area contributed by atoms with Gasteiger partial charge in [-0.05, 0) is 29.9 Å². The van der Waals surface area contributed by atoms with Crippen LogP contribution in [0.1, 0.15) is 41.4 Å². The fourth-order valence-corrected chi connectivity index (χ4v) is 4.44. The highest BCUT2D eigenvalue weighted by Crippen LogP contribution is 2.35. The van der Waals surface area contributed by atoms with Gasteiger partial charge in [0, 0.05) is 19.5 Å². The van der Waals surface area contributed by atoms with Crippen LogP contribution in [0.15, 0.2) is 28.7 Å².